The standard InChI is InChI=1S/C26H35ClO5/c1-15(28)32-18-8-10-24(2)17(12-18)5-6-20-19(24)9-11-25(3)21(13-22(29)26(20,25)27)16-4-7-23(30)31-14-16/h4,7,14,17-22,29H,5-6,8-13H2,1-3H3/t17-,18+,19+,20-,21?,22+,24+,25-,26-/m1/s1. The summed E-state index contributed by atoms with van der Waals surface area (Å²) in [6.45, 7) is 6.17. The van der Waals surface area contributed by atoms with Gasteiger partial charge >= 0.3 is 11.6 Å². The highest BCUT2D eigenvalue weighted by Gasteiger charge is 2.70. The molecule has 176 valence electrons. The summed E-state index contributed by atoms with van der Waals surface area (Å²) in [5, 5.41) is 11.4. The molecule has 5 nitrogen and oxygen atoms in total. The molecule has 1 heterocycles. The smallest absolute Gasteiger partial charge is 0.335 e. The van der Waals surface area contributed by atoms with Crippen LogP contribution in [0.25, 0.3) is 0 Å². The van der Waals surface area contributed by atoms with Crippen molar-refractivity contribution in [1.29, 1.82) is 0 Å². The van der Waals surface area contributed by atoms with Gasteiger partial charge in [0.05, 0.1) is 17.2 Å². The lowest BCUT2D eigenvalue weighted by Crippen LogP contribution is -2.62. The van der Waals surface area contributed by atoms with Crippen LogP contribution < -0.4 is 5.63 Å². The molecule has 1 unspecified atom stereocenters. The molecule has 1 aromatic heterocycles. The van der Waals surface area contributed by atoms with Crippen molar-refractivity contribution in [2.45, 2.75) is 95.1 Å². The van der Waals surface area contributed by atoms with Gasteiger partial charge in [-0.05, 0) is 97.5 Å². The Balaban J connectivity index is 1.45. The van der Waals surface area contributed by atoms with Gasteiger partial charge in [-0.3, -0.25) is 4.79 Å². The van der Waals surface area contributed by atoms with Gasteiger partial charge in [-0.15, -0.1) is 11.6 Å². The molecule has 1 N–H and O–H groups in total. The van der Waals surface area contributed by atoms with Crippen molar-refractivity contribution < 1.29 is 19.1 Å². The third kappa shape index (κ3) is 3.06. The number of hydrogen-bond donors (Lipinski definition) is 1. The van der Waals surface area contributed by atoms with Gasteiger partial charge in [0.1, 0.15) is 6.10 Å². The van der Waals surface area contributed by atoms with E-state index < -0.39 is 11.0 Å². The SMILES string of the molecule is CC(=O)O[C@H]1CC[C@@]2(C)[C@H](CC[C@@H]3[C@@H]2CC[C@]2(C)C(c4ccc(=O)oc4)C[C@H](O)[C@]32Cl)C1. The average molecular weight is 463 g/mol. The van der Waals surface area contributed by atoms with Gasteiger partial charge in [0.15, 0.2) is 0 Å². The minimum absolute atomic E-state index is 0.0372. The van der Waals surface area contributed by atoms with E-state index in [-0.39, 0.29) is 40.4 Å². The molecule has 0 spiro atoms. The number of carbonyl (C=O) groups is 1. The Hall–Kier alpha value is -1.33. The Morgan fingerprint density at radius 2 is 1.91 bits per heavy atom. The molecule has 4 saturated carbocycles. The van der Waals surface area contributed by atoms with Crippen molar-refractivity contribution in [2.24, 2.45) is 28.6 Å². The van der Waals surface area contributed by atoms with Crippen LogP contribution in [0.2, 0.25) is 0 Å². The molecule has 0 aromatic carbocycles. The van der Waals surface area contributed by atoms with Crippen molar-refractivity contribution in [3.05, 3.63) is 34.4 Å². The lowest BCUT2D eigenvalue weighted by molar-refractivity contribution is -0.160. The molecular formula is C26H35ClO5. The third-order valence-corrected chi connectivity index (χ3v) is 11.2. The van der Waals surface area contributed by atoms with E-state index in [9.17, 15) is 14.7 Å². The van der Waals surface area contributed by atoms with E-state index in [1.165, 1.54) is 13.0 Å². The number of fused-ring (bicyclic) bond motifs is 5. The molecule has 32 heavy (non-hydrogen) atoms. The highest BCUT2D eigenvalue weighted by atomic mass is 35.5. The van der Waals surface area contributed by atoms with Gasteiger partial charge in [-0.2, -0.15) is 0 Å². The minimum Gasteiger partial charge on any atom is -0.463 e. The van der Waals surface area contributed by atoms with Gasteiger partial charge in [0.2, 0.25) is 0 Å². The summed E-state index contributed by atoms with van der Waals surface area (Å²) in [6, 6.07) is 3.32. The molecule has 4 aliphatic carbocycles. The number of aliphatic hydroxyl groups is 1. The highest BCUT2D eigenvalue weighted by molar-refractivity contribution is 6.25. The number of rotatable bonds is 2. The van der Waals surface area contributed by atoms with Crippen molar-refractivity contribution in [1.82, 2.24) is 0 Å². The lowest BCUT2D eigenvalue weighted by Gasteiger charge is -2.64. The van der Waals surface area contributed by atoms with E-state index in [1.807, 2.05) is 6.07 Å². The second kappa shape index (κ2) is 7.59. The number of aliphatic hydroxyl groups excluding tert-OH is 1. The highest BCUT2D eigenvalue weighted by Crippen LogP contribution is 2.72. The molecule has 0 amide bonds. The predicted molar refractivity (Wildman–Crippen MR) is 121 cm³/mol. The molecule has 9 atom stereocenters. The van der Waals surface area contributed by atoms with E-state index in [0.29, 0.717) is 18.3 Å². The zero-order valence-electron chi connectivity index (χ0n) is 19.3. The van der Waals surface area contributed by atoms with E-state index in [1.54, 1.807) is 6.26 Å². The second-order valence-corrected chi connectivity index (χ2v) is 12.0. The van der Waals surface area contributed by atoms with Crippen LogP contribution in [0.1, 0.15) is 83.6 Å². The Kier molecular flexibility index (Phi) is 5.33. The van der Waals surface area contributed by atoms with Crippen molar-refractivity contribution in [3.8, 4) is 0 Å². The number of esters is 1. The Bertz CT molecular complexity index is 939. The second-order valence-electron chi connectivity index (χ2n) is 11.4. The molecule has 0 radical (unpaired) electrons. The summed E-state index contributed by atoms with van der Waals surface area (Å²) in [7, 11) is 0. The Labute approximate surface area is 194 Å². The first-order valence-electron chi connectivity index (χ1n) is 12.2. The molecule has 1 aromatic rings. The van der Waals surface area contributed by atoms with Crippen LogP contribution in [-0.4, -0.2) is 28.2 Å². The summed E-state index contributed by atoms with van der Waals surface area (Å²) in [5.74, 6) is 1.14. The number of hydrogen-bond acceptors (Lipinski definition) is 5. The molecule has 5 rings (SSSR count). The first-order valence-corrected chi connectivity index (χ1v) is 12.6. The van der Waals surface area contributed by atoms with Gasteiger partial charge in [0.25, 0.3) is 0 Å². The predicted octanol–water partition coefficient (Wildman–Crippen LogP) is 5.03. The molecule has 4 aliphatic rings. The first-order chi connectivity index (χ1) is 15.1. The minimum atomic E-state index is -0.683. The number of alkyl halides is 1. The molecule has 4 fully saturated rings. The summed E-state index contributed by atoms with van der Waals surface area (Å²) in [6.07, 6.45) is 8.64. The van der Waals surface area contributed by atoms with Gasteiger partial charge in [-0.25, -0.2) is 4.79 Å². The van der Waals surface area contributed by atoms with Crippen LogP contribution >= 0.6 is 11.6 Å². The number of carbonyl (C=O) groups excluding carboxylic acids is 1. The number of ether oxygens (including phenoxy) is 1. The summed E-state index contributed by atoms with van der Waals surface area (Å²) in [4.78, 5) is 22.3. The normalized spacial score (nSPS) is 47.8. The summed E-state index contributed by atoms with van der Waals surface area (Å²) >= 11 is 7.59. The largest absolute Gasteiger partial charge is 0.463 e. The maximum atomic E-state index is 11.5. The molecular weight excluding hydrogens is 428 g/mol. The van der Waals surface area contributed by atoms with Crippen LogP contribution in [0.3, 0.4) is 0 Å². The average Bonchev–Trinajstić information content (AvgIpc) is 2.95. The van der Waals surface area contributed by atoms with Gasteiger partial charge in [-0.1, -0.05) is 13.8 Å². The van der Waals surface area contributed by atoms with Crippen LogP contribution in [0, 0.1) is 28.6 Å². The lowest BCUT2D eigenvalue weighted by atomic mass is 9.44. The zero-order valence-corrected chi connectivity index (χ0v) is 20.1. The Morgan fingerprint density at radius 3 is 2.59 bits per heavy atom. The maximum absolute atomic E-state index is 11.5. The fourth-order valence-electron chi connectivity index (χ4n) is 8.60. The molecule has 0 saturated heterocycles. The van der Waals surface area contributed by atoms with Crippen LogP contribution in [0.15, 0.2) is 27.6 Å². The number of halogens is 1. The van der Waals surface area contributed by atoms with Crippen LogP contribution in [-0.2, 0) is 9.53 Å². The molecule has 0 bridgehead atoms. The monoisotopic (exact) mass is 462 g/mol. The van der Waals surface area contributed by atoms with Crippen molar-refractivity contribution >= 4 is 17.6 Å². The quantitative estimate of drug-likeness (QED) is 0.492. The molecule has 0 aliphatic heterocycles. The van der Waals surface area contributed by atoms with Crippen LogP contribution in [0.4, 0.5) is 0 Å². The van der Waals surface area contributed by atoms with Crippen LogP contribution in [0.5, 0.6) is 0 Å². The van der Waals surface area contributed by atoms with E-state index in [0.717, 1.165) is 50.5 Å². The molecule has 6 heteroatoms. The Morgan fingerprint density at radius 1 is 1.12 bits per heavy atom. The summed E-state index contributed by atoms with van der Waals surface area (Å²) in [5.41, 5.74) is 0.524. The maximum Gasteiger partial charge on any atom is 0.335 e. The zero-order chi connectivity index (χ0) is 22.9. The van der Waals surface area contributed by atoms with Crippen molar-refractivity contribution in [2.75, 3.05) is 0 Å². The summed E-state index contributed by atoms with van der Waals surface area (Å²) < 4.78 is 10.8. The van der Waals surface area contributed by atoms with E-state index >= 15 is 0 Å². The topological polar surface area (TPSA) is 76.7 Å². The fraction of sp³-hybridized carbons (Fsp3) is 0.769. The van der Waals surface area contributed by atoms with Crippen molar-refractivity contribution in [3.63, 3.8) is 0 Å². The van der Waals surface area contributed by atoms with Gasteiger partial charge in [0, 0.05) is 13.0 Å². The van der Waals surface area contributed by atoms with E-state index in [2.05, 4.69) is 13.8 Å². The van der Waals surface area contributed by atoms with Gasteiger partial charge < -0.3 is 14.3 Å². The third-order valence-electron chi connectivity index (χ3n) is 10.2. The first kappa shape index (κ1) is 22.5. The van der Waals surface area contributed by atoms with E-state index in [4.69, 9.17) is 20.8 Å². The fourth-order valence-corrected chi connectivity index (χ4v) is 9.18.